The molecule has 0 aromatic heterocycles. The van der Waals surface area contributed by atoms with E-state index in [0.717, 1.165) is 5.56 Å². The van der Waals surface area contributed by atoms with E-state index in [4.69, 9.17) is 10.5 Å². The molecule has 0 aliphatic carbocycles. The normalized spacial score (nSPS) is 13.0. The highest BCUT2D eigenvalue weighted by Gasteiger charge is 2.30. The van der Waals surface area contributed by atoms with Crippen LogP contribution in [-0.2, 0) is 6.61 Å². The van der Waals surface area contributed by atoms with Crippen molar-refractivity contribution < 1.29 is 17.9 Å². The zero-order valence-electron chi connectivity index (χ0n) is 11.3. The minimum Gasteiger partial charge on any atom is -0.489 e. The van der Waals surface area contributed by atoms with Crippen LogP contribution in [0.4, 0.5) is 13.2 Å². The van der Waals surface area contributed by atoms with Crippen LogP contribution >= 0.6 is 0 Å². The van der Waals surface area contributed by atoms with Gasteiger partial charge in [0.15, 0.2) is 0 Å². The Labute approximate surface area is 121 Å². The summed E-state index contributed by atoms with van der Waals surface area (Å²) in [4.78, 5) is 0. The summed E-state index contributed by atoms with van der Waals surface area (Å²) in [6, 6.07) is 15.0. The van der Waals surface area contributed by atoms with E-state index in [1.165, 1.54) is 0 Å². The van der Waals surface area contributed by atoms with Crippen molar-refractivity contribution in [1.82, 2.24) is 0 Å². The maximum atomic E-state index is 12.3. The zero-order chi connectivity index (χ0) is 15.3. The fourth-order valence-corrected chi connectivity index (χ4v) is 1.92. The molecule has 5 heteroatoms. The van der Waals surface area contributed by atoms with Crippen molar-refractivity contribution in [1.29, 1.82) is 0 Å². The maximum Gasteiger partial charge on any atom is 0.390 e. The minimum atomic E-state index is -4.26. The van der Waals surface area contributed by atoms with Gasteiger partial charge in [-0.2, -0.15) is 13.2 Å². The van der Waals surface area contributed by atoms with Crippen molar-refractivity contribution in [3.63, 3.8) is 0 Å². The Bertz CT molecular complexity index is 552. The summed E-state index contributed by atoms with van der Waals surface area (Å²) in [6.07, 6.45) is -5.29. The molecule has 0 unspecified atom stereocenters. The van der Waals surface area contributed by atoms with Gasteiger partial charge in [0, 0.05) is 6.04 Å². The first-order chi connectivity index (χ1) is 9.94. The van der Waals surface area contributed by atoms with Gasteiger partial charge in [-0.3, -0.25) is 0 Å². The van der Waals surface area contributed by atoms with Crippen LogP contribution in [0.3, 0.4) is 0 Å². The third-order valence-electron chi connectivity index (χ3n) is 3.01. The standard InChI is InChI=1S/C16H16F3NO/c17-16(18,19)10-15(20)13-6-8-14(9-7-13)21-11-12-4-2-1-3-5-12/h1-9,15H,10-11,20H2/t15-/m1/s1. The molecule has 0 saturated carbocycles. The van der Waals surface area contributed by atoms with Gasteiger partial charge < -0.3 is 10.5 Å². The summed E-state index contributed by atoms with van der Waals surface area (Å²) in [5, 5.41) is 0. The van der Waals surface area contributed by atoms with E-state index < -0.39 is 18.6 Å². The predicted octanol–water partition coefficient (Wildman–Crippen LogP) is 4.22. The fraction of sp³-hybridized carbons (Fsp3) is 0.250. The second-order valence-electron chi connectivity index (χ2n) is 4.77. The zero-order valence-corrected chi connectivity index (χ0v) is 11.3. The molecule has 2 rings (SSSR count). The van der Waals surface area contributed by atoms with E-state index >= 15 is 0 Å². The highest BCUT2D eigenvalue weighted by Crippen LogP contribution is 2.28. The average molecular weight is 295 g/mol. The van der Waals surface area contributed by atoms with Crippen LogP contribution in [0.15, 0.2) is 54.6 Å². The van der Waals surface area contributed by atoms with Gasteiger partial charge in [0.2, 0.25) is 0 Å². The Kier molecular flexibility index (Phi) is 4.85. The molecule has 2 aromatic rings. The number of hydrogen-bond acceptors (Lipinski definition) is 2. The third-order valence-corrected chi connectivity index (χ3v) is 3.01. The van der Waals surface area contributed by atoms with Crippen LogP contribution < -0.4 is 10.5 Å². The molecule has 2 N–H and O–H groups in total. The molecular formula is C16H16F3NO. The molecule has 2 nitrogen and oxygen atoms in total. The lowest BCUT2D eigenvalue weighted by Gasteiger charge is -2.15. The van der Waals surface area contributed by atoms with E-state index in [2.05, 4.69) is 0 Å². The SMILES string of the molecule is N[C@H](CC(F)(F)F)c1ccc(OCc2ccccc2)cc1. The Morgan fingerprint density at radius 3 is 2.14 bits per heavy atom. The molecule has 0 aliphatic heterocycles. The van der Waals surface area contributed by atoms with Crippen LogP contribution in [-0.4, -0.2) is 6.18 Å². The van der Waals surface area contributed by atoms with Crippen LogP contribution in [0, 0.1) is 0 Å². The number of benzene rings is 2. The molecule has 0 amide bonds. The summed E-state index contributed by atoms with van der Waals surface area (Å²) in [6.45, 7) is 0.411. The highest BCUT2D eigenvalue weighted by atomic mass is 19.4. The Hall–Kier alpha value is -2.01. The van der Waals surface area contributed by atoms with E-state index in [9.17, 15) is 13.2 Å². The second-order valence-corrected chi connectivity index (χ2v) is 4.77. The number of rotatable bonds is 5. The van der Waals surface area contributed by atoms with Crippen molar-refractivity contribution in [3.05, 3.63) is 65.7 Å². The molecule has 0 bridgehead atoms. The van der Waals surface area contributed by atoms with Crippen LogP contribution in [0.5, 0.6) is 5.75 Å². The third kappa shape index (κ3) is 5.11. The fourth-order valence-electron chi connectivity index (χ4n) is 1.92. The number of hydrogen-bond donors (Lipinski definition) is 1. The first-order valence-electron chi connectivity index (χ1n) is 6.53. The van der Waals surface area contributed by atoms with E-state index in [0.29, 0.717) is 17.9 Å². The molecule has 112 valence electrons. The molecule has 0 spiro atoms. The van der Waals surface area contributed by atoms with E-state index in [1.54, 1.807) is 24.3 Å². The first-order valence-corrected chi connectivity index (χ1v) is 6.53. The van der Waals surface area contributed by atoms with Crippen molar-refractivity contribution in [2.75, 3.05) is 0 Å². The highest BCUT2D eigenvalue weighted by molar-refractivity contribution is 5.29. The van der Waals surface area contributed by atoms with Gasteiger partial charge in [-0.25, -0.2) is 0 Å². The average Bonchev–Trinajstić information content (AvgIpc) is 2.45. The lowest BCUT2D eigenvalue weighted by Crippen LogP contribution is -2.20. The minimum absolute atomic E-state index is 0.411. The molecule has 1 atom stereocenters. The molecule has 0 fully saturated rings. The number of alkyl halides is 3. The van der Waals surface area contributed by atoms with E-state index in [1.807, 2.05) is 30.3 Å². The van der Waals surface area contributed by atoms with Crippen molar-refractivity contribution in [2.24, 2.45) is 5.73 Å². The summed E-state index contributed by atoms with van der Waals surface area (Å²) in [5.74, 6) is 0.599. The quantitative estimate of drug-likeness (QED) is 0.896. The summed E-state index contributed by atoms with van der Waals surface area (Å²) in [5.41, 5.74) is 7.00. The Balaban J connectivity index is 1.93. The molecule has 2 aromatic carbocycles. The van der Waals surface area contributed by atoms with Crippen LogP contribution in [0.2, 0.25) is 0 Å². The smallest absolute Gasteiger partial charge is 0.390 e. The second kappa shape index (κ2) is 6.63. The summed E-state index contributed by atoms with van der Waals surface area (Å²) < 4.78 is 42.4. The molecular weight excluding hydrogens is 279 g/mol. The van der Waals surface area contributed by atoms with Crippen molar-refractivity contribution in [2.45, 2.75) is 25.2 Å². The van der Waals surface area contributed by atoms with Gasteiger partial charge in [-0.15, -0.1) is 0 Å². The van der Waals surface area contributed by atoms with Gasteiger partial charge in [-0.1, -0.05) is 42.5 Å². The molecule has 0 saturated heterocycles. The van der Waals surface area contributed by atoms with Crippen LogP contribution in [0.25, 0.3) is 0 Å². The molecule has 0 aliphatic rings. The van der Waals surface area contributed by atoms with Gasteiger partial charge in [0.1, 0.15) is 12.4 Å². The molecule has 21 heavy (non-hydrogen) atoms. The Morgan fingerprint density at radius 2 is 1.57 bits per heavy atom. The summed E-state index contributed by atoms with van der Waals surface area (Å²) in [7, 11) is 0. The number of nitrogens with two attached hydrogens (primary N) is 1. The van der Waals surface area contributed by atoms with Crippen molar-refractivity contribution in [3.8, 4) is 5.75 Å². The lowest BCUT2D eigenvalue weighted by molar-refractivity contribution is -0.138. The van der Waals surface area contributed by atoms with Crippen LogP contribution in [0.1, 0.15) is 23.6 Å². The van der Waals surface area contributed by atoms with Gasteiger partial charge in [0.05, 0.1) is 6.42 Å². The molecule has 0 heterocycles. The largest absolute Gasteiger partial charge is 0.489 e. The van der Waals surface area contributed by atoms with Gasteiger partial charge in [0.25, 0.3) is 0 Å². The monoisotopic (exact) mass is 295 g/mol. The number of ether oxygens (including phenoxy) is 1. The van der Waals surface area contributed by atoms with E-state index in [-0.39, 0.29) is 0 Å². The topological polar surface area (TPSA) is 35.2 Å². The number of halogens is 3. The maximum absolute atomic E-state index is 12.3. The predicted molar refractivity (Wildman–Crippen MR) is 74.8 cm³/mol. The van der Waals surface area contributed by atoms with Gasteiger partial charge in [-0.05, 0) is 23.3 Å². The first kappa shape index (κ1) is 15.4. The summed E-state index contributed by atoms with van der Waals surface area (Å²) >= 11 is 0. The molecule has 0 radical (unpaired) electrons. The van der Waals surface area contributed by atoms with Gasteiger partial charge >= 0.3 is 6.18 Å². The van der Waals surface area contributed by atoms with Crippen molar-refractivity contribution >= 4 is 0 Å². The Morgan fingerprint density at radius 1 is 0.952 bits per heavy atom. The lowest BCUT2D eigenvalue weighted by atomic mass is 10.0.